The van der Waals surface area contributed by atoms with Crippen LogP contribution in [-0.4, -0.2) is 0 Å². The Labute approximate surface area is 116 Å². The maximum Gasteiger partial charge on any atom is 0.163 e. The van der Waals surface area contributed by atoms with E-state index in [9.17, 15) is 13.2 Å². The third-order valence-corrected chi connectivity index (χ3v) is 3.32. The largest absolute Gasteiger partial charge is 0.304 e. The molecule has 106 valence electrons. The molecule has 0 aliphatic heterocycles. The van der Waals surface area contributed by atoms with Crippen molar-refractivity contribution in [2.45, 2.75) is 25.9 Å². The monoisotopic (exact) mass is 279 g/mol. The molecule has 0 saturated carbocycles. The van der Waals surface area contributed by atoms with Gasteiger partial charge in [-0.25, -0.2) is 13.2 Å². The maximum atomic E-state index is 13.7. The molecule has 0 aliphatic carbocycles. The summed E-state index contributed by atoms with van der Waals surface area (Å²) < 4.78 is 39.8. The molecule has 2 aromatic carbocycles. The Hall–Kier alpha value is -1.81. The third kappa shape index (κ3) is 3.20. The number of benzene rings is 2. The Morgan fingerprint density at radius 2 is 1.50 bits per heavy atom. The summed E-state index contributed by atoms with van der Waals surface area (Å²) in [5, 5.41) is 3.17. The summed E-state index contributed by atoms with van der Waals surface area (Å²) in [5.74, 6) is -1.99. The van der Waals surface area contributed by atoms with E-state index in [0.29, 0.717) is 0 Å². The molecule has 1 N–H and O–H groups in total. The van der Waals surface area contributed by atoms with Crippen LogP contribution in [0.1, 0.15) is 37.1 Å². The van der Waals surface area contributed by atoms with Gasteiger partial charge in [-0.1, -0.05) is 24.3 Å². The number of nitrogens with one attached hydrogen (secondary N) is 1. The number of halogens is 3. The number of hydrogen-bond acceptors (Lipinski definition) is 1. The standard InChI is InChI=1S/C16H16F3N/c1-10(12-6-8-13(17)9-7-12)20-11(2)14-4-3-5-15(18)16(14)19/h3-11,20H,1-2H3. The quantitative estimate of drug-likeness (QED) is 0.868. The van der Waals surface area contributed by atoms with Gasteiger partial charge in [-0.15, -0.1) is 0 Å². The molecule has 4 heteroatoms. The molecule has 0 saturated heterocycles. The van der Waals surface area contributed by atoms with Gasteiger partial charge in [-0.3, -0.25) is 0 Å². The molecule has 0 fully saturated rings. The first-order valence-electron chi connectivity index (χ1n) is 6.44. The number of rotatable bonds is 4. The molecule has 0 heterocycles. The summed E-state index contributed by atoms with van der Waals surface area (Å²) in [6.45, 7) is 3.65. The SMILES string of the molecule is CC(NC(C)c1cccc(F)c1F)c1ccc(F)cc1. The van der Waals surface area contributed by atoms with Crippen molar-refractivity contribution in [1.82, 2.24) is 5.32 Å². The first kappa shape index (κ1) is 14.6. The van der Waals surface area contributed by atoms with Crippen LogP contribution in [0.2, 0.25) is 0 Å². The fourth-order valence-electron chi connectivity index (χ4n) is 2.17. The molecule has 2 rings (SSSR count). The van der Waals surface area contributed by atoms with E-state index in [1.165, 1.54) is 18.2 Å². The third-order valence-electron chi connectivity index (χ3n) is 3.32. The van der Waals surface area contributed by atoms with Crippen LogP contribution < -0.4 is 5.32 Å². The molecule has 0 bridgehead atoms. The van der Waals surface area contributed by atoms with E-state index in [4.69, 9.17) is 0 Å². The van der Waals surface area contributed by atoms with Crippen LogP contribution in [0.15, 0.2) is 42.5 Å². The Morgan fingerprint density at radius 3 is 2.15 bits per heavy atom. The van der Waals surface area contributed by atoms with Crippen LogP contribution in [0.3, 0.4) is 0 Å². The van der Waals surface area contributed by atoms with Gasteiger partial charge in [0.15, 0.2) is 11.6 Å². The second-order valence-corrected chi connectivity index (χ2v) is 4.80. The Morgan fingerprint density at radius 1 is 0.850 bits per heavy atom. The summed E-state index contributed by atoms with van der Waals surface area (Å²) in [6.07, 6.45) is 0. The predicted molar refractivity (Wildman–Crippen MR) is 72.7 cm³/mol. The van der Waals surface area contributed by atoms with Crippen LogP contribution in [0.25, 0.3) is 0 Å². The van der Waals surface area contributed by atoms with Crippen molar-refractivity contribution in [1.29, 1.82) is 0 Å². The van der Waals surface area contributed by atoms with Gasteiger partial charge in [0.05, 0.1) is 0 Å². The first-order chi connectivity index (χ1) is 9.49. The lowest BCUT2D eigenvalue weighted by Gasteiger charge is -2.21. The fraction of sp³-hybridized carbons (Fsp3) is 0.250. The minimum atomic E-state index is -0.856. The van der Waals surface area contributed by atoms with Crippen LogP contribution in [0, 0.1) is 17.5 Å². The minimum absolute atomic E-state index is 0.103. The fourth-order valence-corrected chi connectivity index (χ4v) is 2.17. The van der Waals surface area contributed by atoms with Crippen molar-refractivity contribution in [3.63, 3.8) is 0 Å². The molecule has 0 aromatic heterocycles. The van der Waals surface area contributed by atoms with E-state index in [2.05, 4.69) is 5.32 Å². The van der Waals surface area contributed by atoms with Crippen molar-refractivity contribution in [2.75, 3.05) is 0 Å². The van der Waals surface area contributed by atoms with Crippen LogP contribution in [0.5, 0.6) is 0 Å². The Kier molecular flexibility index (Phi) is 4.45. The summed E-state index contributed by atoms with van der Waals surface area (Å²) >= 11 is 0. The molecule has 2 unspecified atom stereocenters. The van der Waals surface area contributed by atoms with Gasteiger partial charge in [0.25, 0.3) is 0 Å². The molecule has 0 amide bonds. The van der Waals surface area contributed by atoms with Crippen molar-refractivity contribution >= 4 is 0 Å². The summed E-state index contributed by atoms with van der Waals surface area (Å²) in [4.78, 5) is 0. The molecular weight excluding hydrogens is 263 g/mol. The van der Waals surface area contributed by atoms with Crippen LogP contribution in [0.4, 0.5) is 13.2 Å². The molecule has 1 nitrogen and oxygen atoms in total. The van der Waals surface area contributed by atoms with Gasteiger partial charge in [-0.2, -0.15) is 0 Å². The zero-order valence-electron chi connectivity index (χ0n) is 11.3. The Balaban J connectivity index is 2.13. The lowest BCUT2D eigenvalue weighted by Crippen LogP contribution is -2.23. The highest BCUT2D eigenvalue weighted by molar-refractivity contribution is 5.24. The van der Waals surface area contributed by atoms with Gasteiger partial charge in [0, 0.05) is 17.6 Å². The van der Waals surface area contributed by atoms with Crippen LogP contribution in [-0.2, 0) is 0 Å². The van der Waals surface area contributed by atoms with Crippen molar-refractivity contribution in [3.8, 4) is 0 Å². The lowest BCUT2D eigenvalue weighted by atomic mass is 10.0. The average molecular weight is 279 g/mol. The highest BCUT2D eigenvalue weighted by Crippen LogP contribution is 2.22. The zero-order chi connectivity index (χ0) is 14.7. The highest BCUT2D eigenvalue weighted by Gasteiger charge is 2.16. The van der Waals surface area contributed by atoms with Crippen molar-refractivity contribution < 1.29 is 13.2 Å². The molecule has 0 spiro atoms. The first-order valence-corrected chi connectivity index (χ1v) is 6.44. The van der Waals surface area contributed by atoms with Gasteiger partial charge in [0.1, 0.15) is 5.82 Å². The molecule has 2 aromatic rings. The van der Waals surface area contributed by atoms with Gasteiger partial charge in [-0.05, 0) is 37.6 Å². The molecule has 2 atom stereocenters. The lowest BCUT2D eigenvalue weighted by molar-refractivity contribution is 0.448. The predicted octanol–water partition coefficient (Wildman–Crippen LogP) is 4.52. The van der Waals surface area contributed by atoms with Gasteiger partial charge < -0.3 is 5.32 Å². The smallest absolute Gasteiger partial charge is 0.163 e. The van der Waals surface area contributed by atoms with E-state index in [-0.39, 0.29) is 23.5 Å². The second-order valence-electron chi connectivity index (χ2n) is 4.80. The van der Waals surface area contributed by atoms with Crippen molar-refractivity contribution in [2.24, 2.45) is 0 Å². The summed E-state index contributed by atoms with van der Waals surface area (Å²) in [7, 11) is 0. The average Bonchev–Trinajstić information content (AvgIpc) is 2.42. The molecule has 0 aliphatic rings. The zero-order valence-corrected chi connectivity index (χ0v) is 11.3. The topological polar surface area (TPSA) is 12.0 Å². The maximum absolute atomic E-state index is 13.7. The molecule has 0 radical (unpaired) electrons. The van der Waals surface area contributed by atoms with E-state index in [0.717, 1.165) is 11.6 Å². The molecule has 20 heavy (non-hydrogen) atoms. The summed E-state index contributed by atoms with van der Waals surface area (Å²) in [6, 6.07) is 9.75. The normalized spacial score (nSPS) is 14.1. The van der Waals surface area contributed by atoms with E-state index in [1.54, 1.807) is 25.1 Å². The highest BCUT2D eigenvalue weighted by atomic mass is 19.2. The van der Waals surface area contributed by atoms with Gasteiger partial charge in [0.2, 0.25) is 0 Å². The van der Waals surface area contributed by atoms with E-state index in [1.807, 2.05) is 6.92 Å². The summed E-state index contributed by atoms with van der Waals surface area (Å²) in [5.41, 5.74) is 1.16. The molecular formula is C16H16F3N. The van der Waals surface area contributed by atoms with Crippen molar-refractivity contribution in [3.05, 3.63) is 71.0 Å². The second kappa shape index (κ2) is 6.09. The van der Waals surface area contributed by atoms with E-state index < -0.39 is 11.6 Å². The Bertz CT molecular complexity index is 581. The number of hydrogen-bond donors (Lipinski definition) is 1. The van der Waals surface area contributed by atoms with Gasteiger partial charge >= 0.3 is 0 Å². The van der Waals surface area contributed by atoms with E-state index >= 15 is 0 Å². The van der Waals surface area contributed by atoms with Crippen LogP contribution >= 0.6 is 0 Å². The minimum Gasteiger partial charge on any atom is -0.304 e.